The summed E-state index contributed by atoms with van der Waals surface area (Å²) in [4.78, 5) is 17.5. The third-order valence-electron chi connectivity index (χ3n) is 5.05. The Morgan fingerprint density at radius 1 is 1.16 bits per heavy atom. The van der Waals surface area contributed by atoms with Crippen LogP contribution in [0.25, 0.3) is 11.1 Å². The molecular formula is C23H19N3O4S. The number of carbonyl (C=O) groups excluding carboxylic acids is 1. The van der Waals surface area contributed by atoms with Gasteiger partial charge in [0.05, 0.1) is 24.8 Å². The number of hydrogen-bond acceptors (Lipinski definition) is 7. The molecule has 2 aromatic heterocycles. The molecule has 7 nitrogen and oxygen atoms in total. The number of benzene rings is 2. The monoisotopic (exact) mass is 433 g/mol. The zero-order valence-corrected chi connectivity index (χ0v) is 17.5. The van der Waals surface area contributed by atoms with Gasteiger partial charge in [-0.2, -0.15) is 5.10 Å². The highest BCUT2D eigenvalue weighted by atomic mass is 32.2. The summed E-state index contributed by atoms with van der Waals surface area (Å²) in [7, 11) is 1.63. The molecule has 31 heavy (non-hydrogen) atoms. The van der Waals surface area contributed by atoms with Gasteiger partial charge >= 0.3 is 0 Å². The second kappa shape index (κ2) is 8.31. The van der Waals surface area contributed by atoms with Crippen molar-refractivity contribution in [1.29, 1.82) is 0 Å². The fraction of sp³-hybridized carbons (Fsp3) is 0.174. The highest BCUT2D eigenvalue weighted by molar-refractivity contribution is 7.99. The topological polar surface area (TPSA) is 81.1 Å². The summed E-state index contributed by atoms with van der Waals surface area (Å²) in [6.45, 7) is 0. The zero-order chi connectivity index (χ0) is 21.2. The lowest BCUT2D eigenvalue weighted by atomic mass is 10.0. The number of thioether (sulfide) groups is 1. The summed E-state index contributed by atoms with van der Waals surface area (Å²) in [5.74, 6) is 1.49. The predicted molar refractivity (Wildman–Crippen MR) is 117 cm³/mol. The van der Waals surface area contributed by atoms with Crippen LogP contribution in [0.1, 0.15) is 23.8 Å². The second-order valence-corrected chi connectivity index (χ2v) is 7.91. The summed E-state index contributed by atoms with van der Waals surface area (Å²) < 4.78 is 16.5. The Bertz CT molecular complexity index is 1200. The van der Waals surface area contributed by atoms with Gasteiger partial charge in [-0.1, -0.05) is 23.9 Å². The average molecular weight is 433 g/mol. The quantitative estimate of drug-likeness (QED) is 0.402. The first-order valence-corrected chi connectivity index (χ1v) is 10.8. The molecule has 8 heteroatoms. The van der Waals surface area contributed by atoms with E-state index in [1.807, 2.05) is 60.7 Å². The molecule has 0 N–H and O–H groups in total. The first-order valence-electron chi connectivity index (χ1n) is 9.77. The number of nitrogens with zero attached hydrogens (tertiary/aromatic N) is 3. The van der Waals surface area contributed by atoms with Crippen molar-refractivity contribution in [1.82, 2.24) is 9.99 Å². The van der Waals surface area contributed by atoms with Gasteiger partial charge in [0.2, 0.25) is 0 Å². The third kappa shape index (κ3) is 3.94. The van der Waals surface area contributed by atoms with Crippen molar-refractivity contribution in [3.05, 3.63) is 78.3 Å². The Balaban J connectivity index is 1.36. The summed E-state index contributed by atoms with van der Waals surface area (Å²) in [6, 6.07) is 18.6. The average Bonchev–Trinajstić information content (AvgIpc) is 3.56. The zero-order valence-electron chi connectivity index (χ0n) is 16.7. The minimum Gasteiger partial charge on any atom is -0.497 e. The maximum atomic E-state index is 13.1. The lowest BCUT2D eigenvalue weighted by molar-refractivity contribution is -0.130. The Morgan fingerprint density at radius 2 is 2.00 bits per heavy atom. The number of hydrazone groups is 1. The van der Waals surface area contributed by atoms with Crippen LogP contribution in [0.5, 0.6) is 5.75 Å². The van der Waals surface area contributed by atoms with Crippen molar-refractivity contribution in [3.8, 4) is 5.75 Å². The highest BCUT2D eigenvalue weighted by Gasteiger charge is 2.35. The van der Waals surface area contributed by atoms with Crippen LogP contribution in [0.15, 0.2) is 86.1 Å². The molecule has 0 fully saturated rings. The number of aromatic nitrogens is 1. The van der Waals surface area contributed by atoms with Crippen LogP contribution in [0.2, 0.25) is 0 Å². The number of hydrogen-bond donors (Lipinski definition) is 0. The van der Waals surface area contributed by atoms with Gasteiger partial charge < -0.3 is 13.6 Å². The molecule has 4 aromatic rings. The van der Waals surface area contributed by atoms with Gasteiger partial charge in [0.15, 0.2) is 5.58 Å². The number of ether oxygens (including phenoxy) is 1. The van der Waals surface area contributed by atoms with Crippen molar-refractivity contribution < 1.29 is 18.4 Å². The van der Waals surface area contributed by atoms with E-state index in [0.29, 0.717) is 23.0 Å². The van der Waals surface area contributed by atoms with Gasteiger partial charge in [0.25, 0.3) is 11.1 Å². The number of carbonyl (C=O) groups is 1. The van der Waals surface area contributed by atoms with Crippen LogP contribution in [-0.2, 0) is 4.79 Å². The summed E-state index contributed by atoms with van der Waals surface area (Å²) in [5, 5.41) is 6.61. The van der Waals surface area contributed by atoms with Crippen LogP contribution in [0.3, 0.4) is 0 Å². The van der Waals surface area contributed by atoms with Gasteiger partial charge in [-0.25, -0.2) is 9.99 Å². The minimum absolute atomic E-state index is 0.142. The molecule has 0 aliphatic carbocycles. The Labute approximate surface area is 182 Å². The van der Waals surface area contributed by atoms with Crippen molar-refractivity contribution in [2.24, 2.45) is 5.10 Å². The Morgan fingerprint density at radius 3 is 2.74 bits per heavy atom. The molecule has 0 radical (unpaired) electrons. The van der Waals surface area contributed by atoms with Gasteiger partial charge in [-0.05, 0) is 54.1 Å². The molecule has 156 valence electrons. The van der Waals surface area contributed by atoms with Crippen LogP contribution in [-0.4, -0.2) is 34.5 Å². The molecule has 0 spiro atoms. The number of furan rings is 1. The number of amides is 1. The molecule has 2 aromatic carbocycles. The van der Waals surface area contributed by atoms with Gasteiger partial charge in [0, 0.05) is 6.42 Å². The van der Waals surface area contributed by atoms with Crippen LogP contribution in [0, 0.1) is 0 Å². The minimum atomic E-state index is -0.288. The standard InChI is InChI=1S/C23H19N3O4S/c1-28-16-10-8-15(9-11-16)18-13-19(21-7-4-12-29-21)26(25-18)22(27)14-31-23-24-17-5-2-3-6-20(17)30-23/h2-12,19H,13-14H2,1H3/t19-/m1/s1. The normalized spacial score (nSPS) is 16.0. The van der Waals surface area contributed by atoms with Crippen LogP contribution >= 0.6 is 11.8 Å². The van der Waals surface area contributed by atoms with E-state index < -0.39 is 0 Å². The predicted octanol–water partition coefficient (Wildman–Crippen LogP) is 4.90. The number of methoxy groups -OCH3 is 1. The maximum Gasteiger partial charge on any atom is 0.257 e. The van der Waals surface area contributed by atoms with Crippen molar-refractivity contribution in [2.45, 2.75) is 17.7 Å². The molecule has 0 saturated heterocycles. The van der Waals surface area contributed by atoms with E-state index in [4.69, 9.17) is 13.6 Å². The molecule has 1 aliphatic rings. The molecular weight excluding hydrogens is 414 g/mol. The fourth-order valence-corrected chi connectivity index (χ4v) is 4.19. The molecule has 0 unspecified atom stereocenters. The van der Waals surface area contributed by atoms with E-state index in [9.17, 15) is 4.79 Å². The smallest absolute Gasteiger partial charge is 0.257 e. The van der Waals surface area contributed by atoms with Gasteiger partial charge in [0.1, 0.15) is 23.1 Å². The summed E-state index contributed by atoms with van der Waals surface area (Å²) in [5.41, 5.74) is 3.24. The number of rotatable bonds is 6. The van der Waals surface area contributed by atoms with E-state index in [1.54, 1.807) is 13.4 Å². The molecule has 0 bridgehead atoms. The highest BCUT2D eigenvalue weighted by Crippen LogP contribution is 2.34. The maximum absolute atomic E-state index is 13.1. The molecule has 3 heterocycles. The van der Waals surface area contributed by atoms with E-state index in [2.05, 4.69) is 10.1 Å². The molecule has 1 atom stereocenters. The van der Waals surface area contributed by atoms with Gasteiger partial charge in [-0.3, -0.25) is 4.79 Å². The molecule has 5 rings (SSSR count). The molecule has 1 amide bonds. The SMILES string of the molecule is COc1ccc(C2=NN(C(=O)CSc3nc4ccccc4o3)[C@@H](c3ccco3)C2)cc1. The van der Waals surface area contributed by atoms with Crippen molar-refractivity contribution >= 4 is 34.5 Å². The fourth-order valence-electron chi connectivity index (χ4n) is 3.50. The van der Waals surface area contributed by atoms with Crippen molar-refractivity contribution in [3.63, 3.8) is 0 Å². The Hall–Kier alpha value is -3.52. The number of oxazole rings is 1. The molecule has 0 saturated carbocycles. The number of fused-ring (bicyclic) bond motifs is 1. The van der Waals surface area contributed by atoms with Crippen LogP contribution < -0.4 is 4.74 Å². The van der Waals surface area contributed by atoms with Crippen molar-refractivity contribution in [2.75, 3.05) is 12.9 Å². The lowest BCUT2D eigenvalue weighted by Crippen LogP contribution is -2.28. The van der Waals surface area contributed by atoms with E-state index in [0.717, 1.165) is 22.5 Å². The molecule has 1 aliphatic heterocycles. The Kier molecular flexibility index (Phi) is 5.21. The van der Waals surface area contributed by atoms with Crippen LogP contribution in [0.4, 0.5) is 0 Å². The third-order valence-corrected chi connectivity index (χ3v) is 5.87. The first kappa shape index (κ1) is 19.4. The first-order chi connectivity index (χ1) is 15.2. The second-order valence-electron chi connectivity index (χ2n) is 6.99. The van der Waals surface area contributed by atoms with E-state index >= 15 is 0 Å². The lowest BCUT2D eigenvalue weighted by Gasteiger charge is -2.19. The van der Waals surface area contributed by atoms with E-state index in [1.165, 1.54) is 16.8 Å². The summed E-state index contributed by atoms with van der Waals surface area (Å²) >= 11 is 1.26. The summed E-state index contributed by atoms with van der Waals surface area (Å²) in [6.07, 6.45) is 2.18. The van der Waals surface area contributed by atoms with Gasteiger partial charge in [-0.15, -0.1) is 0 Å². The van der Waals surface area contributed by atoms with E-state index in [-0.39, 0.29) is 17.7 Å². The number of para-hydroxylation sites is 2. The largest absolute Gasteiger partial charge is 0.497 e.